The lowest BCUT2D eigenvalue weighted by atomic mass is 9.40. The quantitative estimate of drug-likeness (QED) is 0.421. The van der Waals surface area contributed by atoms with E-state index in [4.69, 9.17) is 13.7 Å². The van der Waals surface area contributed by atoms with E-state index in [0.29, 0.717) is 12.4 Å². The summed E-state index contributed by atoms with van der Waals surface area (Å²) in [7, 11) is -4.90. The summed E-state index contributed by atoms with van der Waals surface area (Å²) < 4.78 is 45.9. The van der Waals surface area contributed by atoms with Crippen molar-refractivity contribution in [2.24, 2.45) is 28.1 Å². The number of ketones is 1. The lowest BCUT2D eigenvalue weighted by Crippen LogP contribution is -2.75. The fourth-order valence-corrected chi connectivity index (χ4v) is 11.9. The first-order valence-electron chi connectivity index (χ1n) is 12.2. The van der Waals surface area contributed by atoms with E-state index in [-0.39, 0.29) is 22.5 Å². The summed E-state index contributed by atoms with van der Waals surface area (Å²) in [5.41, 5.74) is -1.42. The van der Waals surface area contributed by atoms with E-state index in [2.05, 4.69) is 33.5 Å². The van der Waals surface area contributed by atoms with E-state index in [1.807, 2.05) is 13.8 Å². The third-order valence-corrected chi connectivity index (χ3v) is 13.0. The van der Waals surface area contributed by atoms with Crippen LogP contribution in [0.2, 0.25) is 19.6 Å². The van der Waals surface area contributed by atoms with E-state index in [1.54, 1.807) is 24.3 Å². The fourth-order valence-electron chi connectivity index (χ4n) is 8.03. The maximum atomic E-state index is 14.6. The molecule has 6 nitrogen and oxygen atoms in total. The monoisotopic (exact) mass is 504 g/mol. The molecule has 186 valence electrons. The number of methoxy groups -OCH3 is 1. The van der Waals surface area contributed by atoms with Crippen LogP contribution in [0.15, 0.2) is 40.1 Å². The maximum Gasteiger partial charge on any atom is 0.338 e. The van der Waals surface area contributed by atoms with Gasteiger partial charge in [-0.05, 0) is 55.9 Å². The molecule has 1 aromatic carbocycles. The summed E-state index contributed by atoms with van der Waals surface area (Å²) in [5.74, 6) is -1.08. The van der Waals surface area contributed by atoms with Gasteiger partial charge in [0.05, 0.1) is 25.5 Å². The lowest BCUT2D eigenvalue weighted by molar-refractivity contribution is -0.259. The van der Waals surface area contributed by atoms with Crippen molar-refractivity contribution in [2.75, 3.05) is 13.7 Å². The Morgan fingerprint density at radius 1 is 1.09 bits per heavy atom. The molecule has 4 aliphatic carbocycles. The van der Waals surface area contributed by atoms with Gasteiger partial charge < -0.3 is 13.7 Å². The van der Waals surface area contributed by atoms with Gasteiger partial charge in [-0.3, -0.25) is 4.79 Å². The molecule has 3 fully saturated rings. The Bertz CT molecular complexity index is 1210. The summed E-state index contributed by atoms with van der Waals surface area (Å²) in [5, 5.41) is 0.939. The largest absolute Gasteiger partial charge is 0.383 e. The molecule has 5 aliphatic rings. The second-order valence-corrected chi connectivity index (χ2v) is 18.7. The third kappa shape index (κ3) is 2.43. The Hall–Kier alpha value is -1.48. The molecule has 6 unspecified atom stereocenters. The first kappa shape index (κ1) is 24.2. The zero-order chi connectivity index (χ0) is 25.1. The van der Waals surface area contributed by atoms with Crippen LogP contribution < -0.4 is 0 Å². The van der Waals surface area contributed by atoms with Crippen LogP contribution in [0.5, 0.6) is 0 Å². The van der Waals surface area contributed by atoms with Crippen molar-refractivity contribution in [3.63, 3.8) is 0 Å². The number of carbonyl (C=O) groups is 1. The topological polar surface area (TPSA) is 78.9 Å². The van der Waals surface area contributed by atoms with Gasteiger partial charge in [-0.2, -0.15) is 8.42 Å². The van der Waals surface area contributed by atoms with Crippen molar-refractivity contribution < 1.29 is 26.9 Å². The number of aryl methyl sites for hydroxylation is 1. The average molecular weight is 505 g/mol. The predicted octanol–water partition coefficient (Wildman–Crippen LogP) is 4.85. The molecule has 1 spiro atoms. The molecule has 6 atom stereocenters. The molecule has 1 heterocycles. The van der Waals surface area contributed by atoms with Crippen LogP contribution in [-0.2, 0) is 28.6 Å². The van der Waals surface area contributed by atoms with E-state index >= 15 is 0 Å². The first-order chi connectivity index (χ1) is 15.6. The highest BCUT2D eigenvalue weighted by atomic mass is 32.2. The minimum absolute atomic E-state index is 0.0347. The van der Waals surface area contributed by atoms with Gasteiger partial charge in [-0.15, -0.1) is 0 Å². The van der Waals surface area contributed by atoms with Gasteiger partial charge in [0.25, 0.3) is 0 Å². The SMILES string of the molecule is COC12OCC3(C)C4CCC(C)C4(C1=O)C([Si](C)(C)C)=C(OS(=O)(=O)c1ccc(C)cc1)C23C. The maximum absolute atomic E-state index is 14.6. The van der Waals surface area contributed by atoms with Crippen molar-refractivity contribution in [3.05, 3.63) is 40.8 Å². The highest BCUT2D eigenvalue weighted by molar-refractivity contribution is 7.86. The predicted molar refractivity (Wildman–Crippen MR) is 131 cm³/mol. The van der Waals surface area contributed by atoms with Crippen LogP contribution in [0.25, 0.3) is 0 Å². The molecule has 0 N–H and O–H groups in total. The molecule has 0 radical (unpaired) electrons. The summed E-state index contributed by atoms with van der Waals surface area (Å²) in [6, 6.07) is 6.68. The van der Waals surface area contributed by atoms with Crippen molar-refractivity contribution in [1.29, 1.82) is 0 Å². The molecule has 4 bridgehead atoms. The van der Waals surface area contributed by atoms with Crippen molar-refractivity contribution in [3.8, 4) is 0 Å². The summed E-state index contributed by atoms with van der Waals surface area (Å²) in [6.45, 7) is 15.0. The Kier molecular flexibility index (Phi) is 4.87. The Morgan fingerprint density at radius 3 is 2.26 bits per heavy atom. The number of hydrogen-bond donors (Lipinski definition) is 0. The molecular weight excluding hydrogens is 468 g/mol. The van der Waals surface area contributed by atoms with Gasteiger partial charge in [0.1, 0.15) is 10.7 Å². The van der Waals surface area contributed by atoms with E-state index in [1.165, 1.54) is 7.11 Å². The molecule has 1 saturated heterocycles. The van der Waals surface area contributed by atoms with Crippen molar-refractivity contribution in [1.82, 2.24) is 0 Å². The molecular formula is C26H36O6SSi. The molecule has 8 heteroatoms. The zero-order valence-electron chi connectivity index (χ0n) is 21.4. The Morgan fingerprint density at radius 2 is 1.71 bits per heavy atom. The minimum Gasteiger partial charge on any atom is -0.383 e. The molecule has 0 amide bonds. The number of carbonyl (C=O) groups excluding carboxylic acids is 1. The summed E-state index contributed by atoms with van der Waals surface area (Å²) >= 11 is 0. The highest BCUT2D eigenvalue weighted by Gasteiger charge is 2.88. The molecule has 0 aromatic heterocycles. The zero-order valence-corrected chi connectivity index (χ0v) is 23.3. The number of hydrogen-bond acceptors (Lipinski definition) is 6. The molecule has 34 heavy (non-hydrogen) atoms. The summed E-state index contributed by atoms with van der Waals surface area (Å²) in [4.78, 5) is 14.7. The van der Waals surface area contributed by atoms with Gasteiger partial charge in [-0.25, -0.2) is 0 Å². The number of benzene rings is 1. The van der Waals surface area contributed by atoms with Gasteiger partial charge >= 0.3 is 10.1 Å². The lowest BCUT2D eigenvalue weighted by Gasteiger charge is -2.66. The molecule has 2 saturated carbocycles. The van der Waals surface area contributed by atoms with Gasteiger partial charge in [0, 0.05) is 12.5 Å². The van der Waals surface area contributed by atoms with Crippen LogP contribution >= 0.6 is 0 Å². The first-order valence-corrected chi connectivity index (χ1v) is 17.1. The summed E-state index contributed by atoms with van der Waals surface area (Å²) in [6.07, 6.45) is 1.82. The molecule has 1 aliphatic heterocycles. The molecule has 1 aromatic rings. The van der Waals surface area contributed by atoms with E-state index in [9.17, 15) is 13.2 Å². The van der Waals surface area contributed by atoms with Crippen LogP contribution in [0.4, 0.5) is 0 Å². The van der Waals surface area contributed by atoms with Crippen molar-refractivity contribution >= 4 is 24.0 Å². The van der Waals surface area contributed by atoms with Gasteiger partial charge in [-0.1, -0.05) is 51.2 Å². The number of allylic oxidation sites excluding steroid dienone is 1. The third-order valence-electron chi connectivity index (χ3n) is 9.67. The molecule has 6 rings (SSSR count). The fraction of sp³-hybridized carbons (Fsp3) is 0.654. The number of ether oxygens (including phenoxy) is 2. The van der Waals surface area contributed by atoms with Crippen LogP contribution in [0.3, 0.4) is 0 Å². The normalized spacial score (nSPS) is 41.2. The van der Waals surface area contributed by atoms with Crippen LogP contribution in [0.1, 0.15) is 39.2 Å². The van der Waals surface area contributed by atoms with E-state index in [0.717, 1.165) is 23.6 Å². The van der Waals surface area contributed by atoms with Gasteiger partial charge in [0.2, 0.25) is 11.6 Å². The number of rotatable bonds is 5. The smallest absolute Gasteiger partial charge is 0.338 e. The second-order valence-electron chi connectivity index (χ2n) is 12.2. The van der Waals surface area contributed by atoms with E-state index < -0.39 is 40.2 Å². The van der Waals surface area contributed by atoms with Crippen molar-refractivity contribution in [2.45, 2.75) is 70.9 Å². The minimum atomic E-state index is -4.14. The van der Waals surface area contributed by atoms with Gasteiger partial charge in [0.15, 0.2) is 0 Å². The van der Waals surface area contributed by atoms with Crippen LogP contribution in [-0.4, -0.2) is 41.8 Å². The average Bonchev–Trinajstić information content (AvgIpc) is 3.18. The Balaban J connectivity index is 1.86. The number of Topliss-reactive ketones (excluding diaryl/α,β-unsaturated/α-hetero) is 1. The second kappa shape index (κ2) is 6.84. The highest BCUT2D eigenvalue weighted by Crippen LogP contribution is 2.81. The Labute approximate surface area is 204 Å². The van der Waals surface area contributed by atoms with Crippen LogP contribution in [0, 0.1) is 35.0 Å². The standard InChI is InChI=1S/C26H36O6SSi/c1-16-9-12-18(13-10-16)33(28,29)32-20-21(34(6,7)8)25-17(2)11-14-19(25)23(3)15-31-26(30-5,22(25)27)24(20,23)4/h9-10,12-13,17,19H,11,14-15H2,1-8H3.